The zero-order chi connectivity index (χ0) is 26.8. The van der Waals surface area contributed by atoms with E-state index in [-0.39, 0.29) is 44.9 Å². The zero-order valence-electron chi connectivity index (χ0n) is 19.6. The molecule has 0 unspecified atom stereocenters. The Kier molecular flexibility index (Phi) is 6.32. The SMILES string of the molecule is Nc1cccc(C(=O)Oc2ccc3c(=O)c(OC(=O)c4cccc(N)c4)c(-c4ccc(F)cc4)oc3c2)c1. The maximum atomic E-state index is 13.6. The third-order valence-corrected chi connectivity index (χ3v) is 5.58. The van der Waals surface area contributed by atoms with Crippen LogP contribution in [0.4, 0.5) is 15.8 Å². The number of nitrogen functional groups attached to an aromatic ring is 2. The van der Waals surface area contributed by atoms with Crippen LogP contribution < -0.4 is 26.4 Å². The molecule has 9 heteroatoms. The largest absolute Gasteiger partial charge is 0.452 e. The number of hydrogen-bond acceptors (Lipinski definition) is 8. The van der Waals surface area contributed by atoms with Crippen molar-refractivity contribution in [2.75, 3.05) is 11.5 Å². The number of esters is 2. The molecule has 0 aliphatic carbocycles. The van der Waals surface area contributed by atoms with E-state index in [0.29, 0.717) is 11.4 Å². The number of carbonyl (C=O) groups excluding carboxylic acids is 2. The summed E-state index contributed by atoms with van der Waals surface area (Å²) in [6.07, 6.45) is 0. The minimum atomic E-state index is -0.833. The fourth-order valence-corrected chi connectivity index (χ4v) is 3.75. The lowest BCUT2D eigenvalue weighted by molar-refractivity contribution is 0.0722. The third-order valence-electron chi connectivity index (χ3n) is 5.58. The highest BCUT2D eigenvalue weighted by Gasteiger charge is 2.22. The topological polar surface area (TPSA) is 135 Å². The van der Waals surface area contributed by atoms with E-state index in [1.807, 2.05) is 0 Å². The molecule has 0 saturated carbocycles. The van der Waals surface area contributed by atoms with Crippen LogP contribution in [0.25, 0.3) is 22.3 Å². The van der Waals surface area contributed by atoms with Crippen molar-refractivity contribution < 1.29 is 27.9 Å². The average Bonchev–Trinajstić information content (AvgIpc) is 2.90. The molecule has 0 amide bonds. The van der Waals surface area contributed by atoms with Crippen LogP contribution in [0.2, 0.25) is 0 Å². The fraction of sp³-hybridized carbons (Fsp3) is 0. The molecule has 4 aromatic carbocycles. The van der Waals surface area contributed by atoms with Gasteiger partial charge in [0.15, 0.2) is 5.76 Å². The Bertz CT molecular complexity index is 1760. The molecule has 1 heterocycles. The number of anilines is 2. The van der Waals surface area contributed by atoms with Crippen LogP contribution >= 0.6 is 0 Å². The summed E-state index contributed by atoms with van der Waals surface area (Å²) in [6.45, 7) is 0. The first kappa shape index (κ1) is 24.3. The standard InChI is InChI=1S/C29H19FN2O6/c30-19-9-7-16(8-10-19)26-27(38-29(35)18-4-2-6-21(32)14-18)25(33)23-12-11-22(15-24(23)37-26)36-28(34)17-3-1-5-20(31)13-17/h1-15H,31-32H2. The number of ether oxygens (including phenoxy) is 2. The highest BCUT2D eigenvalue weighted by Crippen LogP contribution is 2.33. The van der Waals surface area contributed by atoms with E-state index in [1.165, 1.54) is 60.7 Å². The molecule has 1 aromatic heterocycles. The third kappa shape index (κ3) is 4.93. The van der Waals surface area contributed by atoms with Crippen LogP contribution in [0.15, 0.2) is 100 Å². The maximum Gasteiger partial charge on any atom is 0.343 e. The molecule has 0 atom stereocenters. The van der Waals surface area contributed by atoms with Gasteiger partial charge in [-0.3, -0.25) is 4.79 Å². The number of carbonyl (C=O) groups is 2. The Morgan fingerprint density at radius 2 is 1.34 bits per heavy atom. The van der Waals surface area contributed by atoms with Gasteiger partial charge in [-0.25, -0.2) is 14.0 Å². The minimum Gasteiger partial charge on any atom is -0.452 e. The minimum absolute atomic E-state index is 0.0518. The molecular formula is C29H19FN2O6. The number of fused-ring (bicyclic) bond motifs is 1. The first-order valence-corrected chi connectivity index (χ1v) is 11.3. The number of hydrogen-bond donors (Lipinski definition) is 2. The predicted molar refractivity (Wildman–Crippen MR) is 140 cm³/mol. The van der Waals surface area contributed by atoms with Crippen molar-refractivity contribution in [1.29, 1.82) is 0 Å². The van der Waals surface area contributed by atoms with Gasteiger partial charge >= 0.3 is 11.9 Å². The van der Waals surface area contributed by atoms with E-state index >= 15 is 0 Å². The van der Waals surface area contributed by atoms with Crippen molar-refractivity contribution in [3.63, 3.8) is 0 Å². The van der Waals surface area contributed by atoms with E-state index in [4.69, 9.17) is 25.4 Å². The molecule has 0 fully saturated rings. The van der Waals surface area contributed by atoms with Crippen LogP contribution in [0.5, 0.6) is 11.5 Å². The van der Waals surface area contributed by atoms with Gasteiger partial charge in [-0.05, 0) is 72.8 Å². The van der Waals surface area contributed by atoms with Crippen molar-refractivity contribution in [2.45, 2.75) is 0 Å². The number of nitrogens with two attached hydrogens (primary N) is 2. The zero-order valence-corrected chi connectivity index (χ0v) is 19.6. The van der Waals surface area contributed by atoms with Crippen molar-refractivity contribution in [3.8, 4) is 22.8 Å². The Morgan fingerprint density at radius 3 is 1.95 bits per heavy atom. The summed E-state index contributed by atoms with van der Waals surface area (Å²) in [6, 6.07) is 21.6. The molecule has 0 spiro atoms. The first-order chi connectivity index (χ1) is 18.3. The molecule has 0 bridgehead atoms. The van der Waals surface area contributed by atoms with Crippen LogP contribution in [-0.2, 0) is 0 Å². The number of halogens is 1. The van der Waals surface area contributed by atoms with Crippen molar-refractivity contribution in [1.82, 2.24) is 0 Å². The Morgan fingerprint density at radius 1 is 0.737 bits per heavy atom. The summed E-state index contributed by atoms with van der Waals surface area (Å²) in [5.41, 5.74) is 12.3. The molecule has 0 radical (unpaired) electrons. The average molecular weight is 510 g/mol. The van der Waals surface area contributed by atoms with Gasteiger partial charge < -0.3 is 25.4 Å². The number of rotatable bonds is 5. The summed E-state index contributed by atoms with van der Waals surface area (Å²) in [4.78, 5) is 38.9. The Labute approximate surface area is 214 Å². The lowest BCUT2D eigenvalue weighted by Gasteiger charge is -2.12. The quantitative estimate of drug-likeness (QED) is 0.187. The Hall–Kier alpha value is -5.44. The summed E-state index contributed by atoms with van der Waals surface area (Å²) in [5, 5.41) is 0.0648. The molecule has 0 saturated heterocycles. The predicted octanol–water partition coefficient (Wildman–Crippen LogP) is 5.20. The molecule has 5 aromatic rings. The van der Waals surface area contributed by atoms with Gasteiger partial charge in [-0.15, -0.1) is 0 Å². The van der Waals surface area contributed by atoms with Gasteiger partial charge in [0.25, 0.3) is 0 Å². The second-order valence-electron chi connectivity index (χ2n) is 8.28. The second-order valence-corrected chi connectivity index (χ2v) is 8.28. The summed E-state index contributed by atoms with van der Waals surface area (Å²) < 4.78 is 30.5. The van der Waals surface area contributed by atoms with Crippen molar-refractivity contribution in [3.05, 3.63) is 118 Å². The molecule has 0 aliphatic heterocycles. The highest BCUT2D eigenvalue weighted by molar-refractivity contribution is 5.94. The van der Waals surface area contributed by atoms with E-state index in [9.17, 15) is 18.8 Å². The highest BCUT2D eigenvalue weighted by atomic mass is 19.1. The van der Waals surface area contributed by atoms with Gasteiger partial charge in [0, 0.05) is 23.0 Å². The van der Waals surface area contributed by atoms with Gasteiger partial charge in [0.2, 0.25) is 11.2 Å². The van der Waals surface area contributed by atoms with E-state index < -0.39 is 23.2 Å². The molecule has 188 valence electrons. The van der Waals surface area contributed by atoms with Crippen LogP contribution in [0.3, 0.4) is 0 Å². The van der Waals surface area contributed by atoms with Crippen molar-refractivity contribution in [2.24, 2.45) is 0 Å². The Balaban J connectivity index is 1.58. The molecule has 38 heavy (non-hydrogen) atoms. The van der Waals surface area contributed by atoms with Gasteiger partial charge in [0.05, 0.1) is 16.5 Å². The van der Waals surface area contributed by atoms with Crippen LogP contribution in [-0.4, -0.2) is 11.9 Å². The van der Waals surface area contributed by atoms with Crippen LogP contribution in [0.1, 0.15) is 20.7 Å². The van der Waals surface area contributed by atoms with E-state index in [0.717, 1.165) is 0 Å². The fourth-order valence-electron chi connectivity index (χ4n) is 3.75. The summed E-state index contributed by atoms with van der Waals surface area (Å²) in [7, 11) is 0. The normalized spacial score (nSPS) is 10.8. The summed E-state index contributed by atoms with van der Waals surface area (Å²) in [5.74, 6) is -2.40. The lowest BCUT2D eigenvalue weighted by Crippen LogP contribution is -2.16. The van der Waals surface area contributed by atoms with E-state index in [1.54, 1.807) is 30.3 Å². The molecule has 0 aliphatic rings. The van der Waals surface area contributed by atoms with Crippen LogP contribution in [0, 0.1) is 5.82 Å². The monoisotopic (exact) mass is 510 g/mol. The second kappa shape index (κ2) is 9.90. The van der Waals surface area contributed by atoms with Crippen molar-refractivity contribution >= 4 is 34.3 Å². The smallest absolute Gasteiger partial charge is 0.343 e. The van der Waals surface area contributed by atoms with Gasteiger partial charge in [0.1, 0.15) is 17.1 Å². The summed E-state index contributed by atoms with van der Waals surface area (Å²) >= 11 is 0. The molecule has 8 nitrogen and oxygen atoms in total. The first-order valence-electron chi connectivity index (χ1n) is 11.3. The molecule has 5 rings (SSSR count). The maximum absolute atomic E-state index is 13.6. The molecular weight excluding hydrogens is 491 g/mol. The number of benzene rings is 4. The van der Waals surface area contributed by atoms with Gasteiger partial charge in [-0.1, -0.05) is 12.1 Å². The molecule has 4 N–H and O–H groups in total. The van der Waals surface area contributed by atoms with E-state index in [2.05, 4.69) is 0 Å². The lowest BCUT2D eigenvalue weighted by atomic mass is 10.1. The van der Waals surface area contributed by atoms with Gasteiger partial charge in [-0.2, -0.15) is 0 Å².